The van der Waals surface area contributed by atoms with Gasteiger partial charge >= 0.3 is 0 Å². The molecule has 16 heavy (non-hydrogen) atoms. The van der Waals surface area contributed by atoms with Gasteiger partial charge in [0.05, 0.1) is 6.61 Å². The van der Waals surface area contributed by atoms with Crippen molar-refractivity contribution in [1.29, 1.82) is 0 Å². The Morgan fingerprint density at radius 1 is 1.38 bits per heavy atom. The molecule has 1 rings (SSSR count). The summed E-state index contributed by atoms with van der Waals surface area (Å²) >= 11 is 0. The first-order chi connectivity index (χ1) is 7.72. The van der Waals surface area contributed by atoms with Crippen LogP contribution in [0.1, 0.15) is 38.3 Å². The Hall–Kier alpha value is -1.24. The monoisotopic (exact) mass is 217 g/mol. The molecule has 0 aromatic heterocycles. The van der Waals surface area contributed by atoms with E-state index in [1.807, 2.05) is 19.1 Å². The van der Waals surface area contributed by atoms with Gasteiger partial charge in [-0.1, -0.05) is 32.4 Å². The smallest absolute Gasteiger partial charge is 0.119 e. The molecule has 1 radical (unpaired) electrons. The maximum absolute atomic E-state index is 5.53. The first kappa shape index (κ1) is 12.8. The van der Waals surface area contributed by atoms with Crippen molar-refractivity contribution in [3.05, 3.63) is 47.9 Å². The van der Waals surface area contributed by atoms with Crippen molar-refractivity contribution in [2.24, 2.45) is 0 Å². The molecule has 0 heterocycles. The molecule has 0 aliphatic heterocycles. The Kier molecular flexibility index (Phi) is 5.10. The minimum absolute atomic E-state index is 0.708. The molecule has 1 heteroatoms. The zero-order valence-electron chi connectivity index (χ0n) is 10.5. The molecular weight excluding hydrogens is 196 g/mol. The van der Waals surface area contributed by atoms with Crippen LogP contribution in [0.5, 0.6) is 5.75 Å². The summed E-state index contributed by atoms with van der Waals surface area (Å²) in [6.45, 7) is 10.8. The molecule has 1 nitrogen and oxygen atoms in total. The molecule has 0 fully saturated rings. The third-order valence-corrected chi connectivity index (χ3v) is 2.64. The van der Waals surface area contributed by atoms with Crippen molar-refractivity contribution in [2.45, 2.75) is 33.6 Å². The van der Waals surface area contributed by atoms with E-state index in [4.69, 9.17) is 4.74 Å². The van der Waals surface area contributed by atoms with Crippen LogP contribution in [-0.2, 0) is 6.42 Å². The predicted octanol–water partition coefficient (Wildman–Crippen LogP) is 4.17. The quantitative estimate of drug-likeness (QED) is 0.695. The molecule has 0 saturated carbocycles. The van der Waals surface area contributed by atoms with E-state index in [9.17, 15) is 0 Å². The predicted molar refractivity (Wildman–Crippen MR) is 69.8 cm³/mol. The first-order valence-corrected chi connectivity index (χ1v) is 5.95. The van der Waals surface area contributed by atoms with E-state index in [2.05, 4.69) is 32.6 Å². The average Bonchev–Trinajstić information content (AvgIpc) is 2.31. The fourth-order valence-electron chi connectivity index (χ4n) is 1.78. The van der Waals surface area contributed by atoms with Crippen molar-refractivity contribution >= 4 is 0 Å². The minimum Gasteiger partial charge on any atom is -0.494 e. The van der Waals surface area contributed by atoms with Crippen LogP contribution in [0.15, 0.2) is 30.9 Å². The number of hydrogen-bond donors (Lipinski definition) is 0. The summed E-state index contributed by atoms with van der Waals surface area (Å²) in [5, 5.41) is 0. The normalized spacial score (nSPS) is 10.5. The van der Waals surface area contributed by atoms with E-state index < -0.39 is 0 Å². The molecule has 1 aromatic carbocycles. The number of ether oxygens (including phenoxy) is 1. The Morgan fingerprint density at radius 2 is 2.12 bits per heavy atom. The van der Waals surface area contributed by atoms with Crippen LogP contribution in [0.3, 0.4) is 0 Å². The number of allylic oxidation sites excluding steroid dienone is 1. The summed E-state index contributed by atoms with van der Waals surface area (Å²) in [6, 6.07) is 6.33. The Labute approximate surface area is 99.1 Å². The highest BCUT2D eigenvalue weighted by Crippen LogP contribution is 2.26. The zero-order valence-corrected chi connectivity index (χ0v) is 10.5. The van der Waals surface area contributed by atoms with Gasteiger partial charge in [0.2, 0.25) is 0 Å². The van der Waals surface area contributed by atoms with E-state index in [0.717, 1.165) is 18.6 Å². The van der Waals surface area contributed by atoms with Crippen LogP contribution < -0.4 is 4.74 Å². The van der Waals surface area contributed by atoms with Gasteiger partial charge in [-0.05, 0) is 36.6 Å². The van der Waals surface area contributed by atoms with E-state index in [-0.39, 0.29) is 0 Å². The molecule has 0 N–H and O–H groups in total. The lowest BCUT2D eigenvalue weighted by atomic mass is 9.93. The fraction of sp³-hybridized carbons (Fsp3) is 0.400. The van der Waals surface area contributed by atoms with E-state index in [1.54, 1.807) is 0 Å². The molecule has 0 saturated heterocycles. The number of aryl methyl sites for hydroxylation is 1. The lowest BCUT2D eigenvalue weighted by molar-refractivity contribution is 0.340. The van der Waals surface area contributed by atoms with Crippen LogP contribution in [0.2, 0.25) is 0 Å². The maximum Gasteiger partial charge on any atom is 0.119 e. The second kappa shape index (κ2) is 6.37. The van der Waals surface area contributed by atoms with Crippen LogP contribution >= 0.6 is 0 Å². The van der Waals surface area contributed by atoms with Crippen LogP contribution in [0.25, 0.3) is 0 Å². The van der Waals surface area contributed by atoms with Gasteiger partial charge in [0.1, 0.15) is 5.75 Å². The zero-order chi connectivity index (χ0) is 12.0. The van der Waals surface area contributed by atoms with Crippen molar-refractivity contribution in [3.8, 4) is 5.75 Å². The average molecular weight is 217 g/mol. The van der Waals surface area contributed by atoms with Gasteiger partial charge < -0.3 is 4.74 Å². The molecule has 1 aromatic rings. The highest BCUT2D eigenvalue weighted by Gasteiger charge is 2.09. The largest absolute Gasteiger partial charge is 0.494 e. The van der Waals surface area contributed by atoms with Gasteiger partial charge in [-0.3, -0.25) is 0 Å². The van der Waals surface area contributed by atoms with Gasteiger partial charge in [0.15, 0.2) is 0 Å². The van der Waals surface area contributed by atoms with Crippen molar-refractivity contribution in [3.63, 3.8) is 0 Å². The first-order valence-electron chi connectivity index (χ1n) is 5.95. The van der Waals surface area contributed by atoms with Gasteiger partial charge in [0.25, 0.3) is 0 Å². The van der Waals surface area contributed by atoms with E-state index in [1.165, 1.54) is 17.0 Å². The number of hydrogen-bond acceptors (Lipinski definition) is 1. The third-order valence-electron chi connectivity index (χ3n) is 2.64. The van der Waals surface area contributed by atoms with Gasteiger partial charge in [-0.15, -0.1) is 6.58 Å². The molecule has 0 unspecified atom stereocenters. The Morgan fingerprint density at radius 3 is 2.69 bits per heavy atom. The Balaban J connectivity index is 3.04. The SMILES string of the molecule is C=C[C](C)c1cc(OCC)ccc1CCC. The molecule has 0 bridgehead atoms. The lowest BCUT2D eigenvalue weighted by Crippen LogP contribution is -2.00. The highest BCUT2D eigenvalue weighted by atomic mass is 16.5. The van der Waals surface area contributed by atoms with Crippen molar-refractivity contribution < 1.29 is 4.74 Å². The van der Waals surface area contributed by atoms with Gasteiger partial charge in [0, 0.05) is 5.92 Å². The Bertz CT molecular complexity index is 341. The molecule has 0 aliphatic rings. The second-order valence-corrected chi connectivity index (χ2v) is 3.89. The summed E-state index contributed by atoms with van der Waals surface area (Å²) in [7, 11) is 0. The summed E-state index contributed by atoms with van der Waals surface area (Å²) in [5.41, 5.74) is 2.64. The van der Waals surface area contributed by atoms with Crippen LogP contribution in [0, 0.1) is 5.92 Å². The number of rotatable bonds is 6. The fourth-order valence-corrected chi connectivity index (χ4v) is 1.78. The molecule has 87 valence electrons. The van der Waals surface area contributed by atoms with Gasteiger partial charge in [-0.2, -0.15) is 0 Å². The third kappa shape index (κ3) is 3.13. The molecule has 0 atom stereocenters. The highest BCUT2D eigenvalue weighted by molar-refractivity contribution is 5.46. The summed E-state index contributed by atoms with van der Waals surface area (Å²) in [5.74, 6) is 2.16. The number of benzene rings is 1. The van der Waals surface area contributed by atoms with Gasteiger partial charge in [-0.25, -0.2) is 0 Å². The summed E-state index contributed by atoms with van der Waals surface area (Å²) < 4.78 is 5.53. The topological polar surface area (TPSA) is 9.23 Å². The summed E-state index contributed by atoms with van der Waals surface area (Å²) in [4.78, 5) is 0. The van der Waals surface area contributed by atoms with E-state index in [0.29, 0.717) is 6.61 Å². The van der Waals surface area contributed by atoms with Crippen molar-refractivity contribution in [1.82, 2.24) is 0 Å². The van der Waals surface area contributed by atoms with E-state index >= 15 is 0 Å². The standard InChI is InChI=1S/C15H21O/c1-5-8-13-9-10-14(16-7-3)11-15(13)12(4)6-2/h6,9-11H,2,5,7-8H2,1,3-4H3. The molecule has 0 amide bonds. The molecule has 0 spiro atoms. The second-order valence-electron chi connectivity index (χ2n) is 3.89. The van der Waals surface area contributed by atoms with Crippen LogP contribution in [0.4, 0.5) is 0 Å². The van der Waals surface area contributed by atoms with Crippen LogP contribution in [-0.4, -0.2) is 6.61 Å². The lowest BCUT2D eigenvalue weighted by Gasteiger charge is -2.14. The minimum atomic E-state index is 0.708. The molecule has 0 aliphatic carbocycles. The van der Waals surface area contributed by atoms with Crippen molar-refractivity contribution in [2.75, 3.05) is 6.61 Å². The summed E-state index contributed by atoms with van der Waals surface area (Å²) in [6.07, 6.45) is 4.17. The molecular formula is C15H21O. The maximum atomic E-state index is 5.53.